The van der Waals surface area contributed by atoms with Crippen LogP contribution in [0.5, 0.6) is 5.75 Å². The van der Waals surface area contributed by atoms with Crippen molar-refractivity contribution in [3.8, 4) is 5.75 Å². The van der Waals surface area contributed by atoms with E-state index in [-0.39, 0.29) is 22.9 Å². The van der Waals surface area contributed by atoms with Gasteiger partial charge in [0.15, 0.2) is 17.7 Å². The third-order valence-corrected chi connectivity index (χ3v) is 8.50. The summed E-state index contributed by atoms with van der Waals surface area (Å²) in [6.07, 6.45) is 9.36. The van der Waals surface area contributed by atoms with Crippen LogP contribution >= 0.6 is 0 Å². The van der Waals surface area contributed by atoms with Crippen molar-refractivity contribution in [1.82, 2.24) is 24.1 Å². The third-order valence-electron chi connectivity index (χ3n) is 6.65. The molecule has 1 amide bonds. The first-order valence-electron chi connectivity index (χ1n) is 11.4. The van der Waals surface area contributed by atoms with Crippen molar-refractivity contribution in [1.29, 1.82) is 0 Å². The number of hydrogen-bond donors (Lipinski definition) is 1. The number of nitrogens with one attached hydrogen (secondary N) is 1. The van der Waals surface area contributed by atoms with Crippen molar-refractivity contribution in [2.75, 3.05) is 23.3 Å². The molecule has 1 saturated heterocycles. The molecule has 2 aromatic rings. The summed E-state index contributed by atoms with van der Waals surface area (Å²) in [6, 6.07) is 0.175. The Morgan fingerprint density at radius 3 is 2.52 bits per heavy atom. The summed E-state index contributed by atoms with van der Waals surface area (Å²) in [7, 11) is -1.85. The number of amides is 1. The first-order chi connectivity index (χ1) is 15.8. The van der Waals surface area contributed by atoms with E-state index >= 15 is 0 Å². The van der Waals surface area contributed by atoms with Crippen LogP contribution in [0.3, 0.4) is 0 Å². The average Bonchev–Trinajstić information content (AvgIpc) is 3.48. The summed E-state index contributed by atoms with van der Waals surface area (Å²) in [6.45, 7) is 2.55. The lowest BCUT2D eigenvalue weighted by atomic mass is 10.1. The number of nitrogens with zero attached hydrogens (tertiary/aromatic N) is 6. The van der Waals surface area contributed by atoms with Gasteiger partial charge in [-0.3, -0.25) is 14.4 Å². The third kappa shape index (κ3) is 4.17. The Balaban J connectivity index is 1.28. The number of hydrogen-bond acceptors (Lipinski definition) is 8. The maximum absolute atomic E-state index is 12.9. The lowest BCUT2D eigenvalue weighted by Crippen LogP contribution is -2.49. The molecule has 1 atom stereocenters. The Labute approximate surface area is 193 Å². The molecule has 2 fully saturated rings. The number of rotatable bonds is 5. The SMILES string of the molecule is CC1Oc2cnc(NC3CCN(S(=O)(=O)c4cnn(C)c4)CC3)nc2N(C2CCCC2)C1=O. The van der Waals surface area contributed by atoms with Crippen LogP contribution in [0.15, 0.2) is 23.5 Å². The molecule has 5 rings (SSSR count). The summed E-state index contributed by atoms with van der Waals surface area (Å²) < 4.78 is 34.4. The molecule has 3 aliphatic rings. The molecule has 2 aromatic heterocycles. The summed E-state index contributed by atoms with van der Waals surface area (Å²) >= 11 is 0. The zero-order chi connectivity index (χ0) is 23.2. The van der Waals surface area contributed by atoms with Gasteiger partial charge in [-0.2, -0.15) is 14.4 Å². The Hall–Kier alpha value is -2.73. The molecule has 1 saturated carbocycles. The van der Waals surface area contributed by atoms with Crippen molar-refractivity contribution in [3.05, 3.63) is 18.6 Å². The molecule has 33 heavy (non-hydrogen) atoms. The molecular weight excluding hydrogens is 446 g/mol. The van der Waals surface area contributed by atoms with Crippen molar-refractivity contribution < 1.29 is 17.9 Å². The number of aromatic nitrogens is 4. The highest BCUT2D eigenvalue weighted by atomic mass is 32.2. The fraction of sp³-hybridized carbons (Fsp3) is 0.619. The number of carbonyl (C=O) groups excluding carboxylic acids is 1. The molecule has 0 aromatic carbocycles. The van der Waals surface area contributed by atoms with Gasteiger partial charge in [-0.05, 0) is 32.6 Å². The molecule has 0 bridgehead atoms. The van der Waals surface area contributed by atoms with E-state index in [4.69, 9.17) is 4.74 Å². The summed E-state index contributed by atoms with van der Waals surface area (Å²) in [5, 5.41) is 7.30. The lowest BCUT2D eigenvalue weighted by molar-refractivity contribution is -0.126. The predicted molar refractivity (Wildman–Crippen MR) is 120 cm³/mol. The molecule has 1 aliphatic carbocycles. The number of carbonyl (C=O) groups is 1. The van der Waals surface area contributed by atoms with Crippen LogP contribution in [0.25, 0.3) is 0 Å². The average molecular weight is 476 g/mol. The number of sulfonamides is 1. The van der Waals surface area contributed by atoms with Gasteiger partial charge in [-0.25, -0.2) is 13.4 Å². The number of ether oxygens (including phenoxy) is 1. The van der Waals surface area contributed by atoms with Gasteiger partial charge in [0.25, 0.3) is 5.91 Å². The zero-order valence-corrected chi connectivity index (χ0v) is 19.7. The van der Waals surface area contributed by atoms with Crippen LogP contribution in [-0.2, 0) is 21.9 Å². The molecule has 1 unspecified atom stereocenters. The quantitative estimate of drug-likeness (QED) is 0.691. The van der Waals surface area contributed by atoms with E-state index in [0.29, 0.717) is 43.4 Å². The second kappa shape index (κ2) is 8.56. The van der Waals surface area contributed by atoms with Crippen LogP contribution in [0, 0.1) is 0 Å². The maximum atomic E-state index is 12.9. The lowest BCUT2D eigenvalue weighted by Gasteiger charge is -2.36. The summed E-state index contributed by atoms with van der Waals surface area (Å²) in [5.74, 6) is 1.42. The van der Waals surface area contributed by atoms with Crippen LogP contribution in [0.4, 0.5) is 11.8 Å². The van der Waals surface area contributed by atoms with Gasteiger partial charge in [0.1, 0.15) is 4.90 Å². The van der Waals surface area contributed by atoms with E-state index < -0.39 is 16.1 Å². The topological polar surface area (TPSA) is 123 Å². The van der Waals surface area contributed by atoms with Crippen molar-refractivity contribution in [2.24, 2.45) is 7.05 Å². The van der Waals surface area contributed by atoms with Crippen LogP contribution in [-0.4, -0.2) is 69.7 Å². The summed E-state index contributed by atoms with van der Waals surface area (Å²) in [5.41, 5.74) is 0. The molecule has 1 N–H and O–H groups in total. The standard InChI is InChI=1S/C21H29N7O4S/c1-14-20(29)28(16-5-3-4-6-16)19-18(32-14)12-22-21(25-19)24-15-7-9-27(10-8-15)33(30,31)17-11-23-26(2)13-17/h11-16H,3-10H2,1-2H3,(H,22,24,25). The Morgan fingerprint density at radius 2 is 1.85 bits per heavy atom. The summed E-state index contributed by atoms with van der Waals surface area (Å²) in [4.78, 5) is 23.9. The molecule has 12 heteroatoms. The fourth-order valence-corrected chi connectivity index (χ4v) is 6.30. The molecular formula is C21H29N7O4S. The van der Waals surface area contributed by atoms with E-state index in [2.05, 4.69) is 20.4 Å². The first kappa shape index (κ1) is 22.1. The van der Waals surface area contributed by atoms with E-state index in [0.717, 1.165) is 25.7 Å². The zero-order valence-electron chi connectivity index (χ0n) is 18.8. The Bertz CT molecular complexity index is 1140. The number of fused-ring (bicyclic) bond motifs is 1. The van der Waals surface area contributed by atoms with Crippen LogP contribution in [0.2, 0.25) is 0 Å². The van der Waals surface area contributed by atoms with E-state index in [1.807, 2.05) is 0 Å². The minimum Gasteiger partial charge on any atom is -0.475 e. The number of anilines is 2. The van der Waals surface area contributed by atoms with Gasteiger partial charge in [0.2, 0.25) is 16.0 Å². The van der Waals surface area contributed by atoms with Gasteiger partial charge in [-0.15, -0.1) is 0 Å². The molecule has 0 radical (unpaired) electrons. The highest BCUT2D eigenvalue weighted by Gasteiger charge is 2.39. The second-order valence-corrected chi connectivity index (χ2v) is 10.9. The maximum Gasteiger partial charge on any atom is 0.269 e. The van der Waals surface area contributed by atoms with E-state index in [9.17, 15) is 13.2 Å². The minimum atomic E-state index is -3.55. The van der Waals surface area contributed by atoms with E-state index in [1.54, 1.807) is 25.1 Å². The Kier molecular flexibility index (Phi) is 5.73. The van der Waals surface area contributed by atoms with Gasteiger partial charge < -0.3 is 10.1 Å². The largest absolute Gasteiger partial charge is 0.475 e. The van der Waals surface area contributed by atoms with Gasteiger partial charge in [0, 0.05) is 38.4 Å². The first-order valence-corrected chi connectivity index (χ1v) is 12.9. The smallest absolute Gasteiger partial charge is 0.269 e. The number of piperidine rings is 1. The van der Waals surface area contributed by atoms with Crippen LogP contribution < -0.4 is 15.0 Å². The van der Waals surface area contributed by atoms with Gasteiger partial charge in [0.05, 0.1) is 12.4 Å². The molecule has 2 aliphatic heterocycles. The molecule has 0 spiro atoms. The number of aryl methyl sites for hydroxylation is 1. The highest BCUT2D eigenvalue weighted by Crippen LogP contribution is 2.37. The molecule has 178 valence electrons. The van der Waals surface area contributed by atoms with Gasteiger partial charge in [-0.1, -0.05) is 12.8 Å². The predicted octanol–water partition coefficient (Wildman–Crippen LogP) is 1.53. The minimum absolute atomic E-state index is 0.0301. The monoisotopic (exact) mass is 475 g/mol. The molecule has 11 nitrogen and oxygen atoms in total. The van der Waals surface area contributed by atoms with Crippen molar-refractivity contribution in [2.45, 2.75) is 68.5 Å². The second-order valence-electron chi connectivity index (χ2n) is 8.96. The van der Waals surface area contributed by atoms with Crippen LogP contribution in [0.1, 0.15) is 45.4 Å². The van der Waals surface area contributed by atoms with Crippen molar-refractivity contribution >= 4 is 27.7 Å². The molecule has 4 heterocycles. The Morgan fingerprint density at radius 1 is 1.12 bits per heavy atom. The van der Waals surface area contributed by atoms with E-state index in [1.165, 1.54) is 21.4 Å². The fourth-order valence-electron chi connectivity index (χ4n) is 4.85. The normalized spacial score (nSPS) is 22.9. The van der Waals surface area contributed by atoms with Gasteiger partial charge >= 0.3 is 0 Å². The highest BCUT2D eigenvalue weighted by molar-refractivity contribution is 7.89. The van der Waals surface area contributed by atoms with Crippen molar-refractivity contribution in [3.63, 3.8) is 0 Å².